The number of piperazine rings is 1. The normalized spacial score (nSPS) is 21.0. The van der Waals surface area contributed by atoms with Crippen LogP contribution in [-0.4, -0.2) is 31.1 Å². The van der Waals surface area contributed by atoms with Crippen molar-refractivity contribution in [3.63, 3.8) is 0 Å². The van der Waals surface area contributed by atoms with Gasteiger partial charge >= 0.3 is 0 Å². The maximum atomic E-state index is 6.11. The van der Waals surface area contributed by atoms with Crippen molar-refractivity contribution in [3.8, 4) is 0 Å². The molecule has 0 bridgehead atoms. The maximum absolute atomic E-state index is 6.11. The number of benzene rings is 1. The highest BCUT2D eigenvalue weighted by atomic mass is 79.9. The maximum Gasteiger partial charge on any atom is 0.0417 e. The molecule has 0 aromatic heterocycles. The lowest BCUT2D eigenvalue weighted by Gasteiger charge is -2.39. The lowest BCUT2D eigenvalue weighted by atomic mass is 9.90. The zero-order chi connectivity index (χ0) is 13.9. The highest BCUT2D eigenvalue weighted by Crippen LogP contribution is 2.42. The molecular weight excluding hydrogens is 406 g/mol. The molecule has 0 unspecified atom stereocenters. The van der Waals surface area contributed by atoms with Gasteiger partial charge in [-0.3, -0.25) is 4.90 Å². The molecule has 1 atom stereocenters. The number of nitrogens with one attached hydrogen (secondary N) is 1. The van der Waals surface area contributed by atoms with E-state index in [0.29, 0.717) is 6.04 Å². The fourth-order valence-corrected chi connectivity index (χ4v) is 4.64. The van der Waals surface area contributed by atoms with Crippen LogP contribution in [0, 0.1) is 5.92 Å². The van der Waals surface area contributed by atoms with E-state index in [2.05, 4.69) is 32.2 Å². The molecule has 1 aromatic rings. The van der Waals surface area contributed by atoms with Gasteiger partial charge in [-0.25, -0.2) is 0 Å². The van der Waals surface area contributed by atoms with Crippen LogP contribution in [-0.2, 0) is 0 Å². The molecule has 22 heavy (non-hydrogen) atoms. The predicted molar refractivity (Wildman–Crippen MR) is 103 cm³/mol. The van der Waals surface area contributed by atoms with Crippen LogP contribution < -0.4 is 5.32 Å². The molecule has 1 N–H and O–H groups in total. The van der Waals surface area contributed by atoms with Crippen LogP contribution >= 0.6 is 52.3 Å². The van der Waals surface area contributed by atoms with Gasteiger partial charge in [0.1, 0.15) is 0 Å². The molecule has 1 saturated heterocycles. The van der Waals surface area contributed by atoms with E-state index in [1.165, 1.54) is 35.7 Å². The summed E-state index contributed by atoms with van der Waals surface area (Å²) >= 11 is 9.85. The molecule has 126 valence electrons. The predicted octanol–water partition coefficient (Wildman–Crippen LogP) is 5.08. The van der Waals surface area contributed by atoms with E-state index in [9.17, 15) is 0 Å². The second kappa shape index (κ2) is 9.71. The number of rotatable bonds is 3. The average Bonchev–Trinajstić information content (AvgIpc) is 2.97. The van der Waals surface area contributed by atoms with Crippen molar-refractivity contribution in [2.45, 2.75) is 31.7 Å². The highest BCUT2D eigenvalue weighted by Gasteiger charge is 2.32. The molecule has 0 radical (unpaired) electrons. The third kappa shape index (κ3) is 4.75. The van der Waals surface area contributed by atoms with Crippen molar-refractivity contribution in [3.05, 3.63) is 33.3 Å². The van der Waals surface area contributed by atoms with Gasteiger partial charge in [-0.2, -0.15) is 0 Å². The fourth-order valence-electron chi connectivity index (χ4n) is 3.72. The summed E-state index contributed by atoms with van der Waals surface area (Å²) in [6, 6.07) is 6.84. The van der Waals surface area contributed by atoms with Crippen LogP contribution in [0.1, 0.15) is 37.3 Å². The van der Waals surface area contributed by atoms with Crippen LogP contribution in [0.2, 0.25) is 5.02 Å². The van der Waals surface area contributed by atoms with Gasteiger partial charge < -0.3 is 5.32 Å². The number of halogens is 4. The molecule has 1 saturated carbocycles. The SMILES string of the molecule is Cl.Cl.Clc1ccc([C@@H](C2CCCC2)N2CCNCC2)c(Br)c1. The van der Waals surface area contributed by atoms with Crippen LogP contribution in [0.4, 0.5) is 0 Å². The molecule has 3 rings (SSSR count). The highest BCUT2D eigenvalue weighted by molar-refractivity contribution is 9.10. The summed E-state index contributed by atoms with van der Waals surface area (Å²) in [5.74, 6) is 0.797. The van der Waals surface area contributed by atoms with Crippen LogP contribution in [0.25, 0.3) is 0 Å². The van der Waals surface area contributed by atoms with Crippen molar-refractivity contribution >= 4 is 52.3 Å². The summed E-state index contributed by atoms with van der Waals surface area (Å²) in [5, 5.41) is 4.27. The van der Waals surface area contributed by atoms with Gasteiger partial charge in [0.25, 0.3) is 0 Å². The van der Waals surface area contributed by atoms with Gasteiger partial charge in [0.15, 0.2) is 0 Å². The van der Waals surface area contributed by atoms with Gasteiger partial charge in [0, 0.05) is 41.7 Å². The first kappa shape index (κ1) is 20.5. The minimum absolute atomic E-state index is 0. The summed E-state index contributed by atoms with van der Waals surface area (Å²) in [6.07, 6.45) is 5.50. The van der Waals surface area contributed by atoms with Crippen LogP contribution in [0.15, 0.2) is 22.7 Å². The minimum atomic E-state index is 0. The van der Waals surface area contributed by atoms with Gasteiger partial charge in [-0.15, -0.1) is 24.8 Å². The van der Waals surface area contributed by atoms with E-state index in [0.717, 1.165) is 37.1 Å². The summed E-state index contributed by atoms with van der Waals surface area (Å²) in [5.41, 5.74) is 1.42. The molecule has 2 fully saturated rings. The van der Waals surface area contributed by atoms with E-state index >= 15 is 0 Å². The van der Waals surface area contributed by atoms with Crippen LogP contribution in [0.5, 0.6) is 0 Å². The number of hydrogen-bond donors (Lipinski definition) is 1. The quantitative estimate of drug-likeness (QED) is 0.719. The zero-order valence-electron chi connectivity index (χ0n) is 12.6. The van der Waals surface area contributed by atoms with Gasteiger partial charge in [0.2, 0.25) is 0 Å². The molecule has 1 aliphatic heterocycles. The molecule has 0 spiro atoms. The van der Waals surface area contributed by atoms with Crippen molar-refractivity contribution in [2.24, 2.45) is 5.92 Å². The second-order valence-electron chi connectivity index (χ2n) is 5.94. The van der Waals surface area contributed by atoms with E-state index < -0.39 is 0 Å². The summed E-state index contributed by atoms with van der Waals surface area (Å²) in [7, 11) is 0. The first-order chi connectivity index (χ1) is 9.75. The van der Waals surface area contributed by atoms with Crippen molar-refractivity contribution < 1.29 is 0 Å². The standard InChI is InChI=1S/C16H22BrClN2.2ClH/c17-15-11-13(18)5-6-14(15)16(12-3-1-2-4-12)20-9-7-19-8-10-20;;/h5-6,11-12,16,19H,1-4,7-10H2;2*1H/t16-;;/m1../s1. The Bertz CT molecular complexity index is 461. The first-order valence-electron chi connectivity index (χ1n) is 7.65. The van der Waals surface area contributed by atoms with Crippen molar-refractivity contribution in [2.75, 3.05) is 26.2 Å². The Morgan fingerprint density at radius 2 is 1.77 bits per heavy atom. The Morgan fingerprint density at radius 3 is 2.36 bits per heavy atom. The molecule has 2 aliphatic rings. The fraction of sp³-hybridized carbons (Fsp3) is 0.625. The van der Waals surface area contributed by atoms with Gasteiger partial charge in [-0.1, -0.05) is 46.4 Å². The largest absolute Gasteiger partial charge is 0.314 e. The summed E-state index contributed by atoms with van der Waals surface area (Å²) in [4.78, 5) is 2.67. The molecule has 1 aliphatic carbocycles. The lowest BCUT2D eigenvalue weighted by Crippen LogP contribution is -2.46. The van der Waals surface area contributed by atoms with Gasteiger partial charge in [-0.05, 0) is 36.5 Å². The third-order valence-corrected chi connectivity index (χ3v) is 5.59. The Hall–Kier alpha value is 0.490. The minimum Gasteiger partial charge on any atom is -0.314 e. The number of hydrogen-bond acceptors (Lipinski definition) is 2. The Kier molecular flexibility index (Phi) is 9.06. The van der Waals surface area contributed by atoms with Crippen LogP contribution in [0.3, 0.4) is 0 Å². The molecule has 6 heteroatoms. The van der Waals surface area contributed by atoms with E-state index in [1.54, 1.807) is 0 Å². The molecule has 1 aromatic carbocycles. The Morgan fingerprint density at radius 1 is 1.14 bits per heavy atom. The monoisotopic (exact) mass is 428 g/mol. The molecule has 2 nitrogen and oxygen atoms in total. The zero-order valence-corrected chi connectivity index (χ0v) is 16.5. The second-order valence-corrected chi connectivity index (χ2v) is 7.23. The number of nitrogens with zero attached hydrogens (tertiary/aromatic N) is 1. The van der Waals surface area contributed by atoms with E-state index in [1.807, 2.05) is 12.1 Å². The first-order valence-corrected chi connectivity index (χ1v) is 8.82. The third-order valence-electron chi connectivity index (χ3n) is 4.67. The van der Waals surface area contributed by atoms with Crippen molar-refractivity contribution in [1.82, 2.24) is 10.2 Å². The molecule has 0 amide bonds. The summed E-state index contributed by atoms with van der Waals surface area (Å²) < 4.78 is 1.17. The molecular formula is C16H24BrCl3N2. The van der Waals surface area contributed by atoms with E-state index in [-0.39, 0.29) is 24.8 Å². The Balaban J connectivity index is 0.00000121. The smallest absolute Gasteiger partial charge is 0.0417 e. The molecule has 1 heterocycles. The van der Waals surface area contributed by atoms with Gasteiger partial charge in [0.05, 0.1) is 0 Å². The lowest BCUT2D eigenvalue weighted by molar-refractivity contribution is 0.125. The van der Waals surface area contributed by atoms with E-state index in [4.69, 9.17) is 11.6 Å². The Labute approximate surface area is 159 Å². The summed E-state index contributed by atoms with van der Waals surface area (Å²) in [6.45, 7) is 4.51. The average molecular weight is 431 g/mol. The topological polar surface area (TPSA) is 15.3 Å². The van der Waals surface area contributed by atoms with Crippen molar-refractivity contribution in [1.29, 1.82) is 0 Å².